The Bertz CT molecular complexity index is 831. The number of nitrogens with zero attached hydrogens (tertiary/aromatic N) is 4. The molecule has 0 aliphatic carbocycles. The Morgan fingerprint density at radius 1 is 1.38 bits per heavy atom. The first-order chi connectivity index (χ1) is 10.1. The third-order valence-electron chi connectivity index (χ3n) is 3.37. The van der Waals surface area contributed by atoms with Crippen LogP contribution in [0.5, 0.6) is 0 Å². The normalized spacial score (nSPS) is 12.3. The first-order valence-corrected chi connectivity index (χ1v) is 6.99. The van der Waals surface area contributed by atoms with Gasteiger partial charge in [-0.3, -0.25) is 4.68 Å². The van der Waals surface area contributed by atoms with Gasteiger partial charge >= 0.3 is 0 Å². The Balaban J connectivity index is 2.15. The molecule has 0 atom stereocenters. The van der Waals surface area contributed by atoms with Crippen LogP contribution in [0.3, 0.4) is 0 Å². The van der Waals surface area contributed by atoms with Crippen LogP contribution < -0.4 is 0 Å². The van der Waals surface area contributed by atoms with Crippen molar-refractivity contribution in [2.45, 2.75) is 13.5 Å². The predicted octanol–water partition coefficient (Wildman–Crippen LogP) is 3.67. The largest absolute Gasteiger partial charge is 0.324 e. The first kappa shape index (κ1) is 13.8. The van der Waals surface area contributed by atoms with Gasteiger partial charge in [0.2, 0.25) is 0 Å². The van der Waals surface area contributed by atoms with Crippen LogP contribution in [0.25, 0.3) is 22.1 Å². The zero-order chi connectivity index (χ0) is 15.0. The van der Waals surface area contributed by atoms with Gasteiger partial charge in [-0.2, -0.15) is 5.10 Å². The van der Waals surface area contributed by atoms with E-state index in [0.717, 1.165) is 11.2 Å². The van der Waals surface area contributed by atoms with Gasteiger partial charge in [-0.25, -0.2) is 9.37 Å². The van der Waals surface area contributed by atoms with Gasteiger partial charge in [0, 0.05) is 25.9 Å². The quantitative estimate of drug-likeness (QED) is 0.740. The Kier molecular flexibility index (Phi) is 3.51. The van der Waals surface area contributed by atoms with Crippen LogP contribution in [-0.2, 0) is 13.6 Å². The zero-order valence-electron chi connectivity index (χ0n) is 11.7. The van der Waals surface area contributed by atoms with Crippen molar-refractivity contribution in [1.82, 2.24) is 19.3 Å². The fourth-order valence-electron chi connectivity index (χ4n) is 2.33. The smallest absolute Gasteiger partial charge is 0.152 e. The Labute approximate surface area is 126 Å². The molecular weight excluding hydrogens is 291 g/mol. The van der Waals surface area contributed by atoms with Crippen LogP contribution in [0.1, 0.15) is 18.4 Å². The third kappa shape index (κ3) is 2.45. The van der Waals surface area contributed by atoms with Gasteiger partial charge in [-0.1, -0.05) is 11.6 Å². The molecule has 0 bridgehead atoms. The van der Waals surface area contributed by atoms with E-state index in [4.69, 9.17) is 11.6 Å². The second-order valence-corrected chi connectivity index (χ2v) is 5.09. The predicted molar refractivity (Wildman–Crippen MR) is 82.3 cm³/mol. The SMILES string of the molecule is CCn1c(C(Cl)=Cc2ccnn2C)nc2cc(F)ccc21. The summed E-state index contributed by atoms with van der Waals surface area (Å²) in [6.07, 6.45) is 3.51. The lowest BCUT2D eigenvalue weighted by molar-refractivity contribution is 0.629. The summed E-state index contributed by atoms with van der Waals surface area (Å²) in [5.74, 6) is 0.322. The molecule has 0 aliphatic heterocycles. The molecule has 3 rings (SSSR count). The van der Waals surface area contributed by atoms with Crippen molar-refractivity contribution in [2.24, 2.45) is 7.05 Å². The van der Waals surface area contributed by atoms with E-state index in [2.05, 4.69) is 10.1 Å². The Morgan fingerprint density at radius 3 is 2.86 bits per heavy atom. The van der Waals surface area contributed by atoms with E-state index in [-0.39, 0.29) is 5.82 Å². The highest BCUT2D eigenvalue weighted by Crippen LogP contribution is 2.26. The number of hydrogen-bond donors (Lipinski definition) is 0. The molecule has 0 amide bonds. The van der Waals surface area contributed by atoms with Crippen molar-refractivity contribution < 1.29 is 4.39 Å². The highest BCUT2D eigenvalue weighted by atomic mass is 35.5. The monoisotopic (exact) mass is 304 g/mol. The molecule has 0 saturated heterocycles. The van der Waals surface area contributed by atoms with E-state index < -0.39 is 0 Å². The van der Waals surface area contributed by atoms with E-state index in [1.807, 2.05) is 24.6 Å². The lowest BCUT2D eigenvalue weighted by Gasteiger charge is -2.05. The molecule has 0 unspecified atom stereocenters. The van der Waals surface area contributed by atoms with Gasteiger partial charge in [0.1, 0.15) is 5.82 Å². The van der Waals surface area contributed by atoms with Crippen molar-refractivity contribution in [3.05, 3.63) is 47.8 Å². The van der Waals surface area contributed by atoms with E-state index in [1.54, 1.807) is 23.0 Å². The first-order valence-electron chi connectivity index (χ1n) is 6.61. The van der Waals surface area contributed by atoms with Crippen LogP contribution in [-0.4, -0.2) is 19.3 Å². The Morgan fingerprint density at radius 2 is 2.19 bits per heavy atom. The fourth-order valence-corrected chi connectivity index (χ4v) is 2.58. The van der Waals surface area contributed by atoms with Gasteiger partial charge in [0.15, 0.2) is 5.82 Å². The summed E-state index contributed by atoms with van der Waals surface area (Å²) in [5.41, 5.74) is 2.34. The molecule has 3 aromatic rings. The summed E-state index contributed by atoms with van der Waals surface area (Å²) in [4.78, 5) is 4.45. The summed E-state index contributed by atoms with van der Waals surface area (Å²) in [7, 11) is 1.84. The third-order valence-corrected chi connectivity index (χ3v) is 3.65. The molecule has 4 nitrogen and oxygen atoms in total. The standard InChI is InChI=1S/C15H14ClFN4/c1-3-21-14-5-4-10(17)8-13(14)19-15(21)12(16)9-11-6-7-18-20(11)2/h4-9H,3H2,1-2H3. The van der Waals surface area contributed by atoms with Crippen molar-refractivity contribution >= 4 is 33.7 Å². The number of hydrogen-bond acceptors (Lipinski definition) is 2. The van der Waals surface area contributed by atoms with E-state index >= 15 is 0 Å². The lowest BCUT2D eigenvalue weighted by Crippen LogP contribution is -1.99. The number of aryl methyl sites for hydroxylation is 2. The number of aromatic nitrogens is 4. The number of benzene rings is 1. The van der Waals surface area contributed by atoms with E-state index in [1.165, 1.54) is 12.1 Å². The van der Waals surface area contributed by atoms with Gasteiger partial charge in [0.05, 0.1) is 21.8 Å². The van der Waals surface area contributed by atoms with Gasteiger partial charge < -0.3 is 4.57 Å². The van der Waals surface area contributed by atoms with Crippen molar-refractivity contribution in [3.8, 4) is 0 Å². The molecule has 2 aromatic heterocycles. The molecule has 0 saturated carbocycles. The summed E-state index contributed by atoms with van der Waals surface area (Å²) in [5, 5.41) is 4.59. The van der Waals surface area contributed by atoms with Gasteiger partial charge in [-0.15, -0.1) is 0 Å². The maximum atomic E-state index is 13.3. The highest BCUT2D eigenvalue weighted by molar-refractivity contribution is 6.50. The Hall–Kier alpha value is -2.14. The van der Waals surface area contributed by atoms with Gasteiger partial charge in [0.25, 0.3) is 0 Å². The number of fused-ring (bicyclic) bond motifs is 1. The zero-order valence-corrected chi connectivity index (χ0v) is 12.5. The number of halogens is 2. The summed E-state index contributed by atoms with van der Waals surface area (Å²) in [6, 6.07) is 6.43. The van der Waals surface area contributed by atoms with Crippen molar-refractivity contribution in [2.75, 3.05) is 0 Å². The highest BCUT2D eigenvalue weighted by Gasteiger charge is 2.13. The number of rotatable bonds is 3. The second-order valence-electron chi connectivity index (χ2n) is 4.68. The summed E-state index contributed by atoms with van der Waals surface area (Å²) >= 11 is 6.41. The van der Waals surface area contributed by atoms with Crippen LogP contribution in [0.15, 0.2) is 30.5 Å². The molecule has 108 valence electrons. The average molecular weight is 305 g/mol. The molecule has 0 aliphatic rings. The van der Waals surface area contributed by atoms with Crippen LogP contribution in [0.4, 0.5) is 4.39 Å². The lowest BCUT2D eigenvalue weighted by atomic mass is 10.3. The average Bonchev–Trinajstić information content (AvgIpc) is 3.02. The fraction of sp³-hybridized carbons (Fsp3) is 0.200. The second kappa shape index (κ2) is 5.33. The van der Waals surface area contributed by atoms with Crippen molar-refractivity contribution in [1.29, 1.82) is 0 Å². The van der Waals surface area contributed by atoms with E-state index in [9.17, 15) is 4.39 Å². The molecule has 0 fully saturated rings. The summed E-state index contributed by atoms with van der Waals surface area (Å²) < 4.78 is 17.0. The molecule has 0 radical (unpaired) electrons. The maximum absolute atomic E-state index is 13.3. The molecule has 21 heavy (non-hydrogen) atoms. The van der Waals surface area contributed by atoms with Crippen LogP contribution in [0, 0.1) is 5.82 Å². The molecular formula is C15H14ClFN4. The van der Waals surface area contributed by atoms with Crippen LogP contribution in [0.2, 0.25) is 0 Å². The van der Waals surface area contributed by atoms with Crippen LogP contribution >= 0.6 is 11.6 Å². The molecule has 1 aromatic carbocycles. The topological polar surface area (TPSA) is 35.6 Å². The molecule has 0 spiro atoms. The minimum Gasteiger partial charge on any atom is -0.324 e. The minimum atomic E-state index is -0.304. The van der Waals surface area contributed by atoms with Gasteiger partial charge in [-0.05, 0) is 31.2 Å². The maximum Gasteiger partial charge on any atom is 0.152 e. The summed E-state index contributed by atoms with van der Waals surface area (Å²) in [6.45, 7) is 2.70. The minimum absolute atomic E-state index is 0.304. The molecule has 2 heterocycles. The molecule has 6 heteroatoms. The molecule has 0 N–H and O–H groups in total. The van der Waals surface area contributed by atoms with Crippen molar-refractivity contribution in [3.63, 3.8) is 0 Å². The van der Waals surface area contributed by atoms with E-state index in [0.29, 0.717) is 22.9 Å². The number of imidazole rings is 1.